The quantitative estimate of drug-likeness (QED) is 0.868. The normalized spacial score (nSPS) is 10.3. The molecule has 0 saturated heterocycles. The van der Waals surface area contributed by atoms with Crippen molar-refractivity contribution in [1.29, 1.82) is 5.26 Å². The molecule has 19 heavy (non-hydrogen) atoms. The van der Waals surface area contributed by atoms with E-state index in [9.17, 15) is 4.39 Å². The minimum Gasteiger partial charge on any atom is -0.489 e. The lowest BCUT2D eigenvalue weighted by atomic mass is 10.2. The van der Waals surface area contributed by atoms with Gasteiger partial charge in [-0.25, -0.2) is 4.39 Å². The second-order valence-corrected chi connectivity index (χ2v) is 4.38. The highest BCUT2D eigenvalue weighted by molar-refractivity contribution is 6.30. The average Bonchev–Trinajstić information content (AvgIpc) is 2.61. The van der Waals surface area contributed by atoms with E-state index in [1.54, 1.807) is 23.9 Å². The number of nitriles is 1. The summed E-state index contributed by atoms with van der Waals surface area (Å²) in [5.74, 6) is -0.259. The number of aromatic nitrogens is 2. The first-order chi connectivity index (χ1) is 9.02. The molecule has 0 unspecified atom stereocenters. The molecule has 0 fully saturated rings. The minimum absolute atomic E-state index is 0.0112. The third-order valence-electron chi connectivity index (χ3n) is 2.71. The van der Waals surface area contributed by atoms with Crippen LogP contribution >= 0.6 is 11.6 Å². The van der Waals surface area contributed by atoms with E-state index in [1.165, 1.54) is 12.1 Å². The fourth-order valence-corrected chi connectivity index (χ4v) is 1.90. The van der Waals surface area contributed by atoms with Crippen LogP contribution in [0.2, 0.25) is 5.15 Å². The molecular weight excluding hydrogens is 269 g/mol. The second-order valence-electron chi connectivity index (χ2n) is 4.02. The largest absolute Gasteiger partial charge is 0.489 e. The van der Waals surface area contributed by atoms with Crippen molar-refractivity contribution in [1.82, 2.24) is 9.78 Å². The van der Waals surface area contributed by atoms with Gasteiger partial charge in [-0.2, -0.15) is 10.4 Å². The molecule has 0 aliphatic rings. The highest BCUT2D eigenvalue weighted by Crippen LogP contribution is 2.22. The number of hydrogen-bond acceptors (Lipinski definition) is 3. The Morgan fingerprint density at radius 2 is 2.26 bits per heavy atom. The van der Waals surface area contributed by atoms with Crippen LogP contribution in [0.5, 0.6) is 5.75 Å². The molecule has 2 aromatic rings. The summed E-state index contributed by atoms with van der Waals surface area (Å²) in [6, 6.07) is 5.85. The molecular formula is C13H11ClFN3O. The van der Waals surface area contributed by atoms with Gasteiger partial charge in [-0.15, -0.1) is 0 Å². The molecule has 0 N–H and O–H groups in total. The maximum Gasteiger partial charge on any atom is 0.144 e. The Morgan fingerprint density at radius 1 is 1.53 bits per heavy atom. The molecule has 0 atom stereocenters. The topological polar surface area (TPSA) is 50.8 Å². The first-order valence-electron chi connectivity index (χ1n) is 5.53. The Hall–Kier alpha value is -2.06. The van der Waals surface area contributed by atoms with E-state index >= 15 is 0 Å². The van der Waals surface area contributed by atoms with Gasteiger partial charge in [0.25, 0.3) is 0 Å². The Balaban J connectivity index is 2.15. The molecule has 6 heteroatoms. The van der Waals surface area contributed by atoms with Crippen molar-refractivity contribution in [2.24, 2.45) is 7.05 Å². The van der Waals surface area contributed by atoms with Gasteiger partial charge >= 0.3 is 0 Å². The zero-order valence-electron chi connectivity index (χ0n) is 10.4. The van der Waals surface area contributed by atoms with Gasteiger partial charge in [-0.3, -0.25) is 4.68 Å². The molecule has 0 aliphatic heterocycles. The summed E-state index contributed by atoms with van der Waals surface area (Å²) >= 11 is 6.06. The Kier molecular flexibility index (Phi) is 3.72. The van der Waals surface area contributed by atoms with Crippen LogP contribution in [-0.4, -0.2) is 9.78 Å². The predicted molar refractivity (Wildman–Crippen MR) is 68.4 cm³/mol. The van der Waals surface area contributed by atoms with E-state index in [2.05, 4.69) is 5.10 Å². The van der Waals surface area contributed by atoms with E-state index in [-0.39, 0.29) is 12.2 Å². The Labute approximate surface area is 115 Å². The lowest BCUT2D eigenvalue weighted by Crippen LogP contribution is -1.98. The van der Waals surface area contributed by atoms with Crippen molar-refractivity contribution in [3.8, 4) is 11.8 Å². The van der Waals surface area contributed by atoms with E-state index in [4.69, 9.17) is 21.6 Å². The van der Waals surface area contributed by atoms with E-state index in [0.717, 1.165) is 11.3 Å². The van der Waals surface area contributed by atoms with Crippen LogP contribution in [0.3, 0.4) is 0 Å². The molecule has 1 aromatic carbocycles. The number of ether oxygens (including phenoxy) is 1. The van der Waals surface area contributed by atoms with Crippen LogP contribution in [0.15, 0.2) is 18.2 Å². The molecule has 2 rings (SSSR count). The molecule has 98 valence electrons. The van der Waals surface area contributed by atoms with Crippen LogP contribution in [-0.2, 0) is 13.7 Å². The van der Waals surface area contributed by atoms with Gasteiger partial charge in [-0.05, 0) is 19.1 Å². The van der Waals surface area contributed by atoms with E-state index in [1.807, 2.05) is 6.92 Å². The standard InChI is InChI=1S/C13H11ClFN3O/c1-8-11(13(14)18(2)17-8)7-19-10-4-3-9(6-16)12(15)5-10/h3-5H,7H2,1-2H3. The fourth-order valence-electron chi connectivity index (χ4n) is 1.67. The summed E-state index contributed by atoms with van der Waals surface area (Å²) in [6.45, 7) is 2.02. The van der Waals surface area contributed by atoms with Crippen molar-refractivity contribution in [3.63, 3.8) is 0 Å². The minimum atomic E-state index is -0.603. The molecule has 0 spiro atoms. The summed E-state index contributed by atoms with van der Waals surface area (Å²) in [5.41, 5.74) is 1.51. The fraction of sp³-hybridized carbons (Fsp3) is 0.231. The van der Waals surface area contributed by atoms with Gasteiger partial charge in [-0.1, -0.05) is 11.6 Å². The highest BCUT2D eigenvalue weighted by Gasteiger charge is 2.12. The maximum absolute atomic E-state index is 13.4. The number of nitrogens with zero attached hydrogens (tertiary/aromatic N) is 3. The number of benzene rings is 1. The van der Waals surface area contributed by atoms with Crippen molar-refractivity contribution in [3.05, 3.63) is 46.0 Å². The van der Waals surface area contributed by atoms with Crippen LogP contribution in [0.1, 0.15) is 16.8 Å². The number of hydrogen-bond donors (Lipinski definition) is 0. The zero-order valence-corrected chi connectivity index (χ0v) is 11.2. The lowest BCUT2D eigenvalue weighted by molar-refractivity contribution is 0.304. The van der Waals surface area contributed by atoms with Crippen molar-refractivity contribution < 1.29 is 9.13 Å². The van der Waals surface area contributed by atoms with Crippen LogP contribution in [0, 0.1) is 24.1 Å². The van der Waals surface area contributed by atoms with Gasteiger partial charge in [0.05, 0.1) is 11.3 Å². The first kappa shape index (κ1) is 13.4. The summed E-state index contributed by atoms with van der Waals surface area (Å²) in [7, 11) is 1.74. The van der Waals surface area contributed by atoms with Gasteiger partial charge < -0.3 is 4.74 Å². The van der Waals surface area contributed by atoms with E-state index < -0.39 is 5.82 Å². The van der Waals surface area contributed by atoms with Gasteiger partial charge in [0, 0.05) is 18.7 Å². The predicted octanol–water partition coefficient (Wildman–Crippen LogP) is 2.97. The van der Waals surface area contributed by atoms with Crippen LogP contribution in [0.4, 0.5) is 4.39 Å². The zero-order chi connectivity index (χ0) is 14.0. The lowest BCUT2D eigenvalue weighted by Gasteiger charge is -2.06. The van der Waals surface area contributed by atoms with Crippen LogP contribution in [0.25, 0.3) is 0 Å². The van der Waals surface area contributed by atoms with Crippen LogP contribution < -0.4 is 4.74 Å². The smallest absolute Gasteiger partial charge is 0.144 e. The number of halogens is 2. The van der Waals surface area contributed by atoms with Gasteiger partial charge in [0.15, 0.2) is 0 Å². The third-order valence-corrected chi connectivity index (χ3v) is 3.19. The number of rotatable bonds is 3. The average molecular weight is 280 g/mol. The van der Waals surface area contributed by atoms with Crippen molar-refractivity contribution >= 4 is 11.6 Å². The monoisotopic (exact) mass is 279 g/mol. The summed E-state index contributed by atoms with van der Waals surface area (Å²) in [4.78, 5) is 0. The molecule has 4 nitrogen and oxygen atoms in total. The molecule has 0 saturated carbocycles. The molecule has 1 aromatic heterocycles. The van der Waals surface area contributed by atoms with Crippen molar-refractivity contribution in [2.45, 2.75) is 13.5 Å². The SMILES string of the molecule is Cc1nn(C)c(Cl)c1COc1ccc(C#N)c(F)c1. The molecule has 1 heterocycles. The first-order valence-corrected chi connectivity index (χ1v) is 5.91. The third kappa shape index (κ3) is 2.69. The van der Waals surface area contributed by atoms with Crippen molar-refractivity contribution in [2.75, 3.05) is 0 Å². The summed E-state index contributed by atoms with van der Waals surface area (Å²) < 4.78 is 20.4. The van der Waals surface area contributed by atoms with E-state index in [0.29, 0.717) is 10.9 Å². The van der Waals surface area contributed by atoms with Gasteiger partial charge in [0.1, 0.15) is 29.4 Å². The number of aryl methyl sites for hydroxylation is 2. The Bertz CT molecular complexity index is 661. The Morgan fingerprint density at radius 3 is 2.79 bits per heavy atom. The summed E-state index contributed by atoms with van der Waals surface area (Å²) in [6.07, 6.45) is 0. The molecule has 0 bridgehead atoms. The molecule has 0 radical (unpaired) electrons. The second kappa shape index (κ2) is 5.29. The maximum atomic E-state index is 13.4. The highest BCUT2D eigenvalue weighted by atomic mass is 35.5. The van der Waals surface area contributed by atoms with Gasteiger partial charge in [0.2, 0.25) is 0 Å². The molecule has 0 aliphatic carbocycles. The molecule has 0 amide bonds. The summed E-state index contributed by atoms with van der Waals surface area (Å²) in [5, 5.41) is 13.3.